The largest absolute Gasteiger partial charge is 0.452 e. The van der Waals surface area contributed by atoms with Gasteiger partial charge in [-0.3, -0.25) is 14.9 Å². The van der Waals surface area contributed by atoms with E-state index in [1.54, 1.807) is 7.05 Å². The van der Waals surface area contributed by atoms with Crippen molar-refractivity contribution in [2.75, 3.05) is 25.5 Å². The molecule has 2 aromatic rings. The first-order chi connectivity index (χ1) is 12.5. The highest BCUT2D eigenvalue weighted by atomic mass is 16.6. The third-order valence-electron chi connectivity index (χ3n) is 3.61. The van der Waals surface area contributed by atoms with Crippen molar-refractivity contribution >= 4 is 23.3 Å². The number of carbonyl (C=O) groups is 2. The number of hydrogen-bond acceptors (Lipinski definition) is 6. The molecule has 2 N–H and O–H groups in total. The number of esters is 1. The second-order valence-corrected chi connectivity index (χ2v) is 5.40. The van der Waals surface area contributed by atoms with Gasteiger partial charge < -0.3 is 15.4 Å². The van der Waals surface area contributed by atoms with Gasteiger partial charge in [0.1, 0.15) is 5.69 Å². The fourth-order valence-electron chi connectivity index (χ4n) is 2.28. The molecule has 0 aliphatic carbocycles. The Morgan fingerprint density at radius 2 is 1.88 bits per heavy atom. The number of benzene rings is 2. The van der Waals surface area contributed by atoms with E-state index in [1.807, 2.05) is 30.3 Å². The first-order valence-electron chi connectivity index (χ1n) is 7.95. The van der Waals surface area contributed by atoms with E-state index < -0.39 is 23.4 Å². The van der Waals surface area contributed by atoms with Crippen LogP contribution in [0.15, 0.2) is 48.5 Å². The number of anilines is 1. The normalized spacial score (nSPS) is 10.0. The number of rotatable bonds is 8. The summed E-state index contributed by atoms with van der Waals surface area (Å²) < 4.78 is 4.91. The van der Waals surface area contributed by atoms with Crippen molar-refractivity contribution in [2.45, 2.75) is 6.42 Å². The van der Waals surface area contributed by atoms with Crippen LogP contribution in [0.1, 0.15) is 15.9 Å². The number of nitrogens with one attached hydrogen (secondary N) is 2. The molecule has 8 heteroatoms. The minimum atomic E-state index is -0.797. The molecule has 8 nitrogen and oxygen atoms in total. The van der Waals surface area contributed by atoms with E-state index in [0.717, 1.165) is 11.6 Å². The lowest BCUT2D eigenvalue weighted by atomic mass is 10.1. The van der Waals surface area contributed by atoms with E-state index in [2.05, 4.69) is 10.6 Å². The zero-order chi connectivity index (χ0) is 18.9. The van der Waals surface area contributed by atoms with Gasteiger partial charge in [0, 0.05) is 19.7 Å². The summed E-state index contributed by atoms with van der Waals surface area (Å²) in [7, 11) is 1.54. The molecule has 26 heavy (non-hydrogen) atoms. The summed E-state index contributed by atoms with van der Waals surface area (Å²) in [5, 5.41) is 16.3. The van der Waals surface area contributed by atoms with Crippen molar-refractivity contribution in [1.29, 1.82) is 0 Å². The SMILES string of the molecule is CNc1ccc(C(=O)OCC(=O)NCCc2ccccc2)cc1[N+](=O)[O-]. The van der Waals surface area contributed by atoms with Gasteiger partial charge in [0.2, 0.25) is 0 Å². The molecule has 0 saturated carbocycles. The van der Waals surface area contributed by atoms with Crippen LogP contribution in [-0.4, -0.2) is 37.0 Å². The average molecular weight is 357 g/mol. The van der Waals surface area contributed by atoms with Crippen molar-refractivity contribution < 1.29 is 19.2 Å². The van der Waals surface area contributed by atoms with Crippen LogP contribution in [0.4, 0.5) is 11.4 Å². The van der Waals surface area contributed by atoms with Crippen molar-refractivity contribution in [3.63, 3.8) is 0 Å². The monoisotopic (exact) mass is 357 g/mol. The maximum atomic E-state index is 12.0. The number of nitro groups is 1. The topological polar surface area (TPSA) is 111 Å². The summed E-state index contributed by atoms with van der Waals surface area (Å²) in [5.74, 6) is -1.23. The van der Waals surface area contributed by atoms with Crippen LogP contribution < -0.4 is 10.6 Å². The van der Waals surface area contributed by atoms with Gasteiger partial charge >= 0.3 is 5.97 Å². The lowest BCUT2D eigenvalue weighted by Crippen LogP contribution is -2.30. The molecule has 0 aromatic heterocycles. The lowest BCUT2D eigenvalue weighted by Gasteiger charge is -2.08. The van der Waals surface area contributed by atoms with E-state index in [-0.39, 0.29) is 16.9 Å². The third kappa shape index (κ3) is 5.30. The van der Waals surface area contributed by atoms with Gasteiger partial charge in [-0.25, -0.2) is 4.79 Å². The molecule has 0 fully saturated rings. The van der Waals surface area contributed by atoms with E-state index in [9.17, 15) is 19.7 Å². The molecule has 0 aliphatic heterocycles. The van der Waals surface area contributed by atoms with E-state index >= 15 is 0 Å². The van der Waals surface area contributed by atoms with Gasteiger partial charge in [0.15, 0.2) is 6.61 Å². The molecule has 2 aromatic carbocycles. The maximum absolute atomic E-state index is 12.0. The molecular formula is C18H19N3O5. The number of hydrogen-bond donors (Lipinski definition) is 2. The summed E-state index contributed by atoms with van der Waals surface area (Å²) in [6.07, 6.45) is 0.665. The number of nitro benzene ring substituents is 1. The highest BCUT2D eigenvalue weighted by Crippen LogP contribution is 2.25. The van der Waals surface area contributed by atoms with Gasteiger partial charge in [0.05, 0.1) is 10.5 Å². The van der Waals surface area contributed by atoms with Crippen LogP contribution >= 0.6 is 0 Å². The Bertz CT molecular complexity index is 793. The summed E-state index contributed by atoms with van der Waals surface area (Å²) in [5.41, 5.74) is 1.13. The molecule has 0 spiro atoms. The smallest absolute Gasteiger partial charge is 0.338 e. The molecular weight excluding hydrogens is 338 g/mol. The predicted molar refractivity (Wildman–Crippen MR) is 96.1 cm³/mol. The van der Waals surface area contributed by atoms with Crippen LogP contribution in [0.3, 0.4) is 0 Å². The molecule has 0 heterocycles. The summed E-state index contributed by atoms with van der Waals surface area (Å²) in [4.78, 5) is 34.1. The Hall–Kier alpha value is -3.42. The Morgan fingerprint density at radius 3 is 2.54 bits per heavy atom. The van der Waals surface area contributed by atoms with Crippen molar-refractivity contribution in [2.24, 2.45) is 0 Å². The third-order valence-corrected chi connectivity index (χ3v) is 3.61. The summed E-state index contributed by atoms with van der Waals surface area (Å²) in [6, 6.07) is 13.6. The van der Waals surface area contributed by atoms with Gasteiger partial charge in [-0.05, 0) is 24.1 Å². The molecule has 0 atom stereocenters. The highest BCUT2D eigenvalue weighted by Gasteiger charge is 2.18. The molecule has 2 rings (SSSR count). The zero-order valence-corrected chi connectivity index (χ0v) is 14.2. The van der Waals surface area contributed by atoms with Gasteiger partial charge in [-0.15, -0.1) is 0 Å². The summed E-state index contributed by atoms with van der Waals surface area (Å²) in [6.45, 7) is -0.0298. The van der Waals surface area contributed by atoms with E-state index in [4.69, 9.17) is 4.74 Å². The molecule has 0 aliphatic rings. The van der Waals surface area contributed by atoms with Crippen LogP contribution in [0.5, 0.6) is 0 Å². The standard InChI is InChI=1S/C18H19N3O5/c1-19-15-8-7-14(11-16(15)21(24)25)18(23)26-12-17(22)20-10-9-13-5-3-2-4-6-13/h2-8,11,19H,9-10,12H2,1H3,(H,20,22). The molecule has 136 valence electrons. The average Bonchev–Trinajstić information content (AvgIpc) is 2.66. The molecule has 1 amide bonds. The second kappa shape index (κ2) is 9.16. The first kappa shape index (κ1) is 18.9. The van der Waals surface area contributed by atoms with E-state index in [0.29, 0.717) is 13.0 Å². The minimum absolute atomic E-state index is 0.00721. The second-order valence-electron chi connectivity index (χ2n) is 5.40. The maximum Gasteiger partial charge on any atom is 0.338 e. The lowest BCUT2D eigenvalue weighted by molar-refractivity contribution is -0.384. The summed E-state index contributed by atoms with van der Waals surface area (Å²) >= 11 is 0. The molecule has 0 unspecified atom stereocenters. The van der Waals surface area contributed by atoms with Gasteiger partial charge in [-0.2, -0.15) is 0 Å². The molecule has 0 bridgehead atoms. The Balaban J connectivity index is 1.83. The number of carbonyl (C=O) groups excluding carboxylic acids is 2. The Labute approximate surface area is 150 Å². The van der Waals surface area contributed by atoms with Crippen molar-refractivity contribution in [1.82, 2.24) is 5.32 Å². The van der Waals surface area contributed by atoms with Gasteiger partial charge in [0.25, 0.3) is 11.6 Å². The Kier molecular flexibility index (Phi) is 6.67. The number of nitrogens with zero attached hydrogens (tertiary/aromatic N) is 1. The molecule has 0 radical (unpaired) electrons. The fourth-order valence-corrected chi connectivity index (χ4v) is 2.28. The predicted octanol–water partition coefficient (Wildman–Crippen LogP) is 2.15. The van der Waals surface area contributed by atoms with Crippen LogP contribution in [0, 0.1) is 10.1 Å². The van der Waals surface area contributed by atoms with Crippen LogP contribution in [0.2, 0.25) is 0 Å². The van der Waals surface area contributed by atoms with Crippen molar-refractivity contribution in [3.05, 3.63) is 69.8 Å². The van der Waals surface area contributed by atoms with Crippen LogP contribution in [0.25, 0.3) is 0 Å². The van der Waals surface area contributed by atoms with Crippen LogP contribution in [-0.2, 0) is 16.0 Å². The highest BCUT2D eigenvalue weighted by molar-refractivity contribution is 5.93. The number of amides is 1. The van der Waals surface area contributed by atoms with Gasteiger partial charge in [-0.1, -0.05) is 30.3 Å². The first-order valence-corrected chi connectivity index (χ1v) is 7.95. The fraction of sp³-hybridized carbons (Fsp3) is 0.222. The zero-order valence-electron chi connectivity index (χ0n) is 14.2. The number of ether oxygens (including phenoxy) is 1. The minimum Gasteiger partial charge on any atom is -0.452 e. The van der Waals surface area contributed by atoms with Crippen molar-refractivity contribution in [3.8, 4) is 0 Å². The quantitative estimate of drug-likeness (QED) is 0.425. The Morgan fingerprint density at radius 1 is 1.15 bits per heavy atom. The van der Waals surface area contributed by atoms with E-state index in [1.165, 1.54) is 12.1 Å². The molecule has 0 saturated heterocycles.